The van der Waals surface area contributed by atoms with Crippen molar-refractivity contribution in [3.05, 3.63) is 0 Å². The van der Waals surface area contributed by atoms with Crippen LogP contribution in [0.3, 0.4) is 0 Å². The quantitative estimate of drug-likeness (QED) is 0.362. The van der Waals surface area contributed by atoms with Gasteiger partial charge in [0, 0.05) is 5.92 Å². The monoisotopic (exact) mass is 305 g/mol. The second-order valence-corrected chi connectivity index (χ2v) is 7.39. The van der Waals surface area contributed by atoms with Crippen LogP contribution in [0.4, 0.5) is 0 Å². The molecule has 0 aromatic carbocycles. The molecule has 0 N–H and O–H groups in total. The SMILES string of the molecule is CCCCCCCC(CCCCCC)C[N+](C)(C)C.[Cl-]. The summed E-state index contributed by atoms with van der Waals surface area (Å²) < 4.78 is 1.13. The first-order chi connectivity index (χ1) is 8.99. The van der Waals surface area contributed by atoms with Crippen molar-refractivity contribution in [1.29, 1.82) is 0 Å². The van der Waals surface area contributed by atoms with E-state index in [9.17, 15) is 0 Å². The molecule has 1 nitrogen and oxygen atoms in total. The Labute approximate surface area is 135 Å². The lowest BCUT2D eigenvalue weighted by Gasteiger charge is -2.29. The summed E-state index contributed by atoms with van der Waals surface area (Å²) in [5.41, 5.74) is 0. The Morgan fingerprint density at radius 2 is 1.05 bits per heavy atom. The molecule has 124 valence electrons. The summed E-state index contributed by atoms with van der Waals surface area (Å²) in [5, 5.41) is 0. The van der Waals surface area contributed by atoms with Crippen molar-refractivity contribution in [2.45, 2.75) is 84.5 Å². The molecule has 0 aliphatic rings. The second kappa shape index (κ2) is 14.2. The largest absolute Gasteiger partial charge is 1.00 e. The molecule has 0 spiro atoms. The van der Waals surface area contributed by atoms with Crippen LogP contribution in [0.25, 0.3) is 0 Å². The minimum atomic E-state index is 0. The first kappa shape index (κ1) is 22.5. The normalized spacial score (nSPS) is 13.1. The van der Waals surface area contributed by atoms with Crippen LogP contribution < -0.4 is 12.4 Å². The average molecular weight is 306 g/mol. The Kier molecular flexibility index (Phi) is 16.0. The summed E-state index contributed by atoms with van der Waals surface area (Å²) in [7, 11) is 7.03. The molecule has 0 aliphatic carbocycles. The van der Waals surface area contributed by atoms with Crippen LogP contribution >= 0.6 is 0 Å². The molecule has 0 aromatic rings. The van der Waals surface area contributed by atoms with E-state index in [1.165, 1.54) is 77.2 Å². The Bertz CT molecular complexity index is 186. The number of halogens is 1. The molecule has 2 heteroatoms. The molecular weight excluding hydrogens is 266 g/mol. The van der Waals surface area contributed by atoms with E-state index in [0.717, 1.165) is 10.4 Å². The second-order valence-electron chi connectivity index (χ2n) is 7.39. The van der Waals surface area contributed by atoms with E-state index in [0.29, 0.717) is 0 Å². The van der Waals surface area contributed by atoms with Crippen molar-refractivity contribution < 1.29 is 16.9 Å². The zero-order valence-corrected chi connectivity index (χ0v) is 15.6. The molecular formula is C18H40ClN. The third-order valence-corrected chi connectivity index (χ3v) is 3.99. The van der Waals surface area contributed by atoms with Crippen molar-refractivity contribution in [2.24, 2.45) is 5.92 Å². The van der Waals surface area contributed by atoms with Crippen LogP contribution in [0.1, 0.15) is 84.5 Å². The van der Waals surface area contributed by atoms with Crippen molar-refractivity contribution in [3.8, 4) is 0 Å². The van der Waals surface area contributed by atoms with Gasteiger partial charge in [0.25, 0.3) is 0 Å². The van der Waals surface area contributed by atoms with Gasteiger partial charge in [-0.1, -0.05) is 71.6 Å². The fraction of sp³-hybridized carbons (Fsp3) is 1.00. The van der Waals surface area contributed by atoms with Crippen molar-refractivity contribution in [2.75, 3.05) is 27.7 Å². The average Bonchev–Trinajstić information content (AvgIpc) is 2.32. The van der Waals surface area contributed by atoms with E-state index in [4.69, 9.17) is 0 Å². The van der Waals surface area contributed by atoms with E-state index in [1.807, 2.05) is 0 Å². The summed E-state index contributed by atoms with van der Waals surface area (Å²) in [4.78, 5) is 0. The summed E-state index contributed by atoms with van der Waals surface area (Å²) in [6, 6.07) is 0. The maximum absolute atomic E-state index is 2.34. The van der Waals surface area contributed by atoms with Gasteiger partial charge in [-0.05, 0) is 12.8 Å². The number of quaternary nitrogens is 1. The smallest absolute Gasteiger partial charge is 0.0809 e. The van der Waals surface area contributed by atoms with Crippen LogP contribution in [0.15, 0.2) is 0 Å². The van der Waals surface area contributed by atoms with Gasteiger partial charge in [0.1, 0.15) is 0 Å². The Morgan fingerprint density at radius 1 is 0.650 bits per heavy atom. The predicted octanol–water partition coefficient (Wildman–Crippen LogP) is 2.64. The highest BCUT2D eigenvalue weighted by molar-refractivity contribution is 4.60. The van der Waals surface area contributed by atoms with E-state index < -0.39 is 0 Å². The summed E-state index contributed by atoms with van der Waals surface area (Å²) in [6.07, 6.45) is 15.8. The molecule has 0 rings (SSSR count). The highest BCUT2D eigenvalue weighted by Gasteiger charge is 2.17. The van der Waals surface area contributed by atoms with Crippen LogP contribution in [0.5, 0.6) is 0 Å². The molecule has 0 amide bonds. The molecule has 0 aliphatic heterocycles. The number of hydrogen-bond acceptors (Lipinski definition) is 0. The van der Waals surface area contributed by atoms with Gasteiger partial charge >= 0.3 is 0 Å². The van der Waals surface area contributed by atoms with Gasteiger partial charge in [-0.25, -0.2) is 0 Å². The van der Waals surface area contributed by atoms with E-state index in [2.05, 4.69) is 35.0 Å². The lowest BCUT2D eigenvalue weighted by Crippen LogP contribution is -3.00. The molecule has 1 unspecified atom stereocenters. The number of rotatable bonds is 13. The third kappa shape index (κ3) is 16.3. The fourth-order valence-electron chi connectivity index (χ4n) is 3.00. The topological polar surface area (TPSA) is 0 Å². The minimum absolute atomic E-state index is 0. The zero-order chi connectivity index (χ0) is 14.6. The molecule has 0 aromatic heterocycles. The van der Waals surface area contributed by atoms with Gasteiger partial charge in [0.15, 0.2) is 0 Å². The van der Waals surface area contributed by atoms with Crippen LogP contribution in [-0.4, -0.2) is 32.2 Å². The molecule has 20 heavy (non-hydrogen) atoms. The molecule has 0 saturated carbocycles. The van der Waals surface area contributed by atoms with Gasteiger partial charge < -0.3 is 16.9 Å². The maximum Gasteiger partial charge on any atom is 0.0809 e. The van der Waals surface area contributed by atoms with E-state index >= 15 is 0 Å². The van der Waals surface area contributed by atoms with Gasteiger partial charge in [-0.2, -0.15) is 0 Å². The Hall–Kier alpha value is 0.250. The van der Waals surface area contributed by atoms with Gasteiger partial charge in [-0.15, -0.1) is 0 Å². The molecule has 0 fully saturated rings. The Morgan fingerprint density at radius 3 is 1.45 bits per heavy atom. The van der Waals surface area contributed by atoms with Crippen LogP contribution in [0.2, 0.25) is 0 Å². The third-order valence-electron chi connectivity index (χ3n) is 3.99. The van der Waals surface area contributed by atoms with Crippen molar-refractivity contribution >= 4 is 0 Å². The van der Waals surface area contributed by atoms with Gasteiger partial charge in [0.2, 0.25) is 0 Å². The number of hydrogen-bond donors (Lipinski definition) is 0. The standard InChI is InChI=1S/C18H40N.ClH/c1-6-8-10-12-14-16-18(17-19(3,4)5)15-13-11-9-7-2;/h18H,6-17H2,1-5H3;1H/q+1;/p-1. The summed E-state index contributed by atoms with van der Waals surface area (Å²) in [5.74, 6) is 0.957. The van der Waals surface area contributed by atoms with Crippen LogP contribution in [-0.2, 0) is 0 Å². The first-order valence-corrected chi connectivity index (χ1v) is 8.80. The number of unbranched alkanes of at least 4 members (excludes halogenated alkanes) is 7. The van der Waals surface area contributed by atoms with Crippen LogP contribution in [0, 0.1) is 5.92 Å². The van der Waals surface area contributed by atoms with Crippen molar-refractivity contribution in [3.63, 3.8) is 0 Å². The maximum atomic E-state index is 2.34. The summed E-state index contributed by atoms with van der Waals surface area (Å²) in [6.45, 7) is 5.96. The first-order valence-electron chi connectivity index (χ1n) is 8.80. The lowest BCUT2D eigenvalue weighted by molar-refractivity contribution is -0.874. The molecule has 1 atom stereocenters. The minimum Gasteiger partial charge on any atom is -1.00 e. The fourth-order valence-corrected chi connectivity index (χ4v) is 3.00. The van der Waals surface area contributed by atoms with Gasteiger partial charge in [-0.3, -0.25) is 0 Å². The Balaban J connectivity index is 0. The van der Waals surface area contributed by atoms with E-state index in [-0.39, 0.29) is 12.4 Å². The highest BCUT2D eigenvalue weighted by Crippen LogP contribution is 2.20. The van der Waals surface area contributed by atoms with Crippen molar-refractivity contribution in [1.82, 2.24) is 0 Å². The molecule has 0 heterocycles. The lowest BCUT2D eigenvalue weighted by atomic mass is 9.93. The predicted molar refractivity (Wildman–Crippen MR) is 88.5 cm³/mol. The summed E-state index contributed by atoms with van der Waals surface area (Å²) >= 11 is 0. The highest BCUT2D eigenvalue weighted by atomic mass is 35.5. The number of nitrogens with zero attached hydrogens (tertiary/aromatic N) is 1. The molecule has 0 saturated heterocycles. The molecule has 0 bridgehead atoms. The zero-order valence-electron chi connectivity index (χ0n) is 14.9. The van der Waals surface area contributed by atoms with E-state index in [1.54, 1.807) is 0 Å². The van der Waals surface area contributed by atoms with Gasteiger partial charge in [0.05, 0.1) is 27.7 Å². The molecule has 0 radical (unpaired) electrons.